The summed E-state index contributed by atoms with van der Waals surface area (Å²) >= 11 is 0. The summed E-state index contributed by atoms with van der Waals surface area (Å²) in [4.78, 5) is 21.8. The van der Waals surface area contributed by atoms with Gasteiger partial charge in [-0.15, -0.1) is 10.2 Å². The molecule has 2 aromatic carbocycles. The van der Waals surface area contributed by atoms with Crippen molar-refractivity contribution in [3.63, 3.8) is 0 Å². The van der Waals surface area contributed by atoms with Crippen LogP contribution >= 0.6 is 0 Å². The Morgan fingerprint density at radius 2 is 1.82 bits per heavy atom. The summed E-state index contributed by atoms with van der Waals surface area (Å²) in [6, 6.07) is 17.7. The third-order valence-corrected chi connectivity index (χ3v) is 6.12. The smallest absolute Gasteiger partial charge is 0.410 e. The van der Waals surface area contributed by atoms with E-state index in [0.717, 1.165) is 33.9 Å². The van der Waals surface area contributed by atoms with Gasteiger partial charge in [-0.3, -0.25) is 0 Å². The van der Waals surface area contributed by atoms with Gasteiger partial charge in [0, 0.05) is 37.0 Å². The van der Waals surface area contributed by atoms with Gasteiger partial charge in [0.05, 0.1) is 5.52 Å². The Morgan fingerprint density at radius 1 is 1.06 bits per heavy atom. The highest BCUT2D eigenvalue weighted by molar-refractivity contribution is 5.92. The maximum absolute atomic E-state index is 12.8. The van der Waals surface area contributed by atoms with Gasteiger partial charge in [0.1, 0.15) is 12.4 Å². The van der Waals surface area contributed by atoms with E-state index in [1.807, 2.05) is 61.5 Å². The van der Waals surface area contributed by atoms with Crippen LogP contribution in [0.25, 0.3) is 16.6 Å². The van der Waals surface area contributed by atoms with Crippen molar-refractivity contribution in [2.45, 2.75) is 39.3 Å². The summed E-state index contributed by atoms with van der Waals surface area (Å²) in [5.74, 6) is 1.91. The average molecular weight is 445 g/mol. The molecule has 8 heteroatoms. The number of hydrogen-bond donors (Lipinski definition) is 0. The molecule has 1 fully saturated rings. The van der Waals surface area contributed by atoms with Gasteiger partial charge in [-0.2, -0.15) is 0 Å². The normalized spacial score (nSPS) is 16.7. The van der Waals surface area contributed by atoms with Crippen molar-refractivity contribution >= 4 is 28.6 Å². The molecule has 0 N–H and O–H groups in total. The molecule has 0 bridgehead atoms. The molecule has 3 heterocycles. The fraction of sp³-hybridized carbons (Fsp3) is 0.360. The SMILES string of the molecule is CC(C)c1nnc2c3ccccc3nc(N3CCN(C(=O)OCc4ccccc4)[C@H](C)C3)n12. The molecule has 4 aromatic rings. The number of piperazine rings is 1. The van der Waals surface area contributed by atoms with Gasteiger partial charge in [-0.1, -0.05) is 56.3 Å². The first-order chi connectivity index (χ1) is 16.0. The van der Waals surface area contributed by atoms with Crippen LogP contribution < -0.4 is 4.90 Å². The Kier molecular flexibility index (Phi) is 5.58. The summed E-state index contributed by atoms with van der Waals surface area (Å²) in [5.41, 5.74) is 2.69. The molecule has 2 aromatic heterocycles. The second-order valence-electron chi connectivity index (χ2n) is 8.83. The molecular formula is C25H28N6O2. The van der Waals surface area contributed by atoms with Gasteiger partial charge < -0.3 is 14.5 Å². The zero-order chi connectivity index (χ0) is 22.9. The number of anilines is 1. The van der Waals surface area contributed by atoms with Gasteiger partial charge in [0.2, 0.25) is 5.95 Å². The highest BCUT2D eigenvalue weighted by atomic mass is 16.6. The van der Waals surface area contributed by atoms with Gasteiger partial charge in [0.25, 0.3) is 0 Å². The van der Waals surface area contributed by atoms with Gasteiger partial charge in [-0.25, -0.2) is 14.2 Å². The molecule has 1 saturated heterocycles. The third kappa shape index (κ3) is 3.97. The van der Waals surface area contributed by atoms with E-state index in [9.17, 15) is 4.79 Å². The summed E-state index contributed by atoms with van der Waals surface area (Å²) in [7, 11) is 0. The maximum Gasteiger partial charge on any atom is 0.410 e. The van der Waals surface area contributed by atoms with Gasteiger partial charge >= 0.3 is 6.09 Å². The maximum atomic E-state index is 12.8. The van der Waals surface area contributed by atoms with E-state index in [4.69, 9.17) is 9.72 Å². The summed E-state index contributed by atoms with van der Waals surface area (Å²) in [6.45, 7) is 8.40. The van der Waals surface area contributed by atoms with Crippen LogP contribution in [0.2, 0.25) is 0 Å². The number of nitrogens with zero attached hydrogens (tertiary/aromatic N) is 6. The summed E-state index contributed by atoms with van der Waals surface area (Å²) in [5, 5.41) is 9.96. The highest BCUT2D eigenvalue weighted by Gasteiger charge is 2.31. The quantitative estimate of drug-likeness (QED) is 0.468. The first kappa shape index (κ1) is 21.2. The van der Waals surface area contributed by atoms with Crippen LogP contribution in [0.3, 0.4) is 0 Å². The van der Waals surface area contributed by atoms with Crippen LogP contribution in [0.5, 0.6) is 0 Å². The zero-order valence-electron chi connectivity index (χ0n) is 19.2. The molecule has 0 aliphatic carbocycles. The topological polar surface area (TPSA) is 75.9 Å². The number of aromatic nitrogens is 4. The van der Waals surface area contributed by atoms with Crippen molar-refractivity contribution in [3.05, 3.63) is 66.0 Å². The number of ether oxygens (including phenoxy) is 1. The summed E-state index contributed by atoms with van der Waals surface area (Å²) in [6.07, 6.45) is -0.283. The predicted octanol–water partition coefficient (Wildman–Crippen LogP) is 4.25. The number of benzene rings is 2. The average Bonchev–Trinajstić information content (AvgIpc) is 3.28. The van der Waals surface area contributed by atoms with Crippen LogP contribution in [0, 0.1) is 0 Å². The number of fused-ring (bicyclic) bond motifs is 3. The number of para-hydroxylation sites is 1. The van der Waals surface area contributed by atoms with E-state index >= 15 is 0 Å². The van der Waals surface area contributed by atoms with E-state index < -0.39 is 0 Å². The Hall–Kier alpha value is -3.68. The third-order valence-electron chi connectivity index (χ3n) is 6.12. The van der Waals surface area contributed by atoms with Gasteiger partial charge in [0.15, 0.2) is 5.65 Å². The van der Waals surface area contributed by atoms with Crippen molar-refractivity contribution in [1.82, 2.24) is 24.5 Å². The Labute approximate surface area is 192 Å². The Bertz CT molecular complexity index is 1290. The largest absolute Gasteiger partial charge is 0.445 e. The number of hydrogen-bond acceptors (Lipinski definition) is 6. The lowest BCUT2D eigenvalue weighted by molar-refractivity contribution is 0.0793. The highest BCUT2D eigenvalue weighted by Crippen LogP contribution is 2.28. The standard InChI is InChI=1S/C25H28N6O2/c1-17(2)22-27-28-23-20-11-7-8-12-21(20)26-24(31(22)23)29-13-14-30(18(3)15-29)25(32)33-16-19-9-5-4-6-10-19/h4-12,17-18H,13-16H2,1-3H3/t18-/m1/s1. The fourth-order valence-electron chi connectivity index (χ4n) is 4.38. The van der Waals surface area contributed by atoms with Crippen molar-refractivity contribution in [2.24, 2.45) is 0 Å². The second-order valence-corrected chi connectivity index (χ2v) is 8.83. The minimum atomic E-state index is -0.283. The lowest BCUT2D eigenvalue weighted by Crippen LogP contribution is -2.54. The van der Waals surface area contributed by atoms with E-state index in [1.165, 1.54) is 0 Å². The molecule has 170 valence electrons. The minimum absolute atomic E-state index is 0.0238. The first-order valence-electron chi connectivity index (χ1n) is 11.4. The lowest BCUT2D eigenvalue weighted by Gasteiger charge is -2.39. The molecule has 1 amide bonds. The summed E-state index contributed by atoms with van der Waals surface area (Å²) < 4.78 is 7.65. The Balaban J connectivity index is 1.40. The molecule has 1 aliphatic heterocycles. The molecule has 33 heavy (non-hydrogen) atoms. The number of carbonyl (C=O) groups excluding carboxylic acids is 1. The molecule has 8 nitrogen and oxygen atoms in total. The van der Waals surface area contributed by atoms with Crippen LogP contribution in [0.15, 0.2) is 54.6 Å². The molecule has 0 saturated carbocycles. The first-order valence-corrected chi connectivity index (χ1v) is 11.4. The number of rotatable bonds is 4. The fourth-order valence-corrected chi connectivity index (χ4v) is 4.38. The van der Waals surface area contributed by atoms with Crippen LogP contribution in [-0.2, 0) is 11.3 Å². The van der Waals surface area contributed by atoms with Crippen molar-refractivity contribution in [2.75, 3.05) is 24.5 Å². The van der Waals surface area contributed by atoms with Crippen LogP contribution in [-0.4, -0.2) is 56.3 Å². The van der Waals surface area contributed by atoms with Crippen molar-refractivity contribution < 1.29 is 9.53 Å². The van der Waals surface area contributed by atoms with Gasteiger partial charge in [-0.05, 0) is 24.6 Å². The van der Waals surface area contributed by atoms with Crippen LogP contribution in [0.4, 0.5) is 10.7 Å². The monoisotopic (exact) mass is 444 g/mol. The van der Waals surface area contributed by atoms with E-state index in [0.29, 0.717) is 19.6 Å². The molecule has 0 unspecified atom stereocenters. The van der Waals surface area contributed by atoms with E-state index in [-0.39, 0.29) is 24.7 Å². The van der Waals surface area contributed by atoms with E-state index in [2.05, 4.69) is 33.3 Å². The molecule has 1 aliphatic rings. The predicted molar refractivity (Wildman–Crippen MR) is 127 cm³/mol. The number of amides is 1. The van der Waals surface area contributed by atoms with Crippen molar-refractivity contribution in [1.29, 1.82) is 0 Å². The molecule has 0 radical (unpaired) electrons. The van der Waals surface area contributed by atoms with Crippen LogP contribution in [0.1, 0.15) is 38.1 Å². The lowest BCUT2D eigenvalue weighted by atomic mass is 10.2. The molecule has 5 rings (SSSR count). The molecule has 1 atom stereocenters. The molecular weight excluding hydrogens is 416 g/mol. The van der Waals surface area contributed by atoms with Crippen molar-refractivity contribution in [3.8, 4) is 0 Å². The van der Waals surface area contributed by atoms with E-state index in [1.54, 1.807) is 4.90 Å². The minimum Gasteiger partial charge on any atom is -0.445 e. The second kappa shape index (κ2) is 8.69. The Morgan fingerprint density at radius 3 is 2.58 bits per heavy atom. The number of carbonyl (C=O) groups is 1. The molecule has 0 spiro atoms. The zero-order valence-corrected chi connectivity index (χ0v) is 19.2.